The first-order valence-corrected chi connectivity index (χ1v) is 9.78. The highest BCUT2D eigenvalue weighted by atomic mass is 32.1. The van der Waals surface area contributed by atoms with Gasteiger partial charge >= 0.3 is 0 Å². The van der Waals surface area contributed by atoms with Crippen LogP contribution in [0.15, 0.2) is 16.0 Å². The summed E-state index contributed by atoms with van der Waals surface area (Å²) >= 11 is 1.74. The van der Waals surface area contributed by atoms with Crippen LogP contribution in [0.25, 0.3) is 0 Å². The van der Waals surface area contributed by atoms with Gasteiger partial charge in [0.2, 0.25) is 11.8 Å². The molecular formula is C17H22N4O2S. The summed E-state index contributed by atoms with van der Waals surface area (Å²) < 4.78 is 11.9. The zero-order chi connectivity index (χ0) is 15.9. The Morgan fingerprint density at radius 3 is 3.04 bits per heavy atom. The highest BCUT2D eigenvalue weighted by Gasteiger charge is 2.41. The van der Waals surface area contributed by atoms with E-state index in [2.05, 4.69) is 25.5 Å². The average molecular weight is 346 g/mol. The number of fused-ring (bicyclic) bond motifs is 1. The number of likely N-dealkylation sites (tertiary alicyclic amines) is 1. The van der Waals surface area contributed by atoms with Crippen molar-refractivity contribution in [1.82, 2.24) is 20.1 Å². The van der Waals surface area contributed by atoms with Gasteiger partial charge in [0.05, 0.1) is 25.7 Å². The molecule has 4 heterocycles. The highest BCUT2D eigenvalue weighted by Crippen LogP contribution is 2.40. The van der Waals surface area contributed by atoms with E-state index < -0.39 is 0 Å². The van der Waals surface area contributed by atoms with Gasteiger partial charge in [-0.1, -0.05) is 0 Å². The van der Waals surface area contributed by atoms with E-state index >= 15 is 0 Å². The summed E-state index contributed by atoms with van der Waals surface area (Å²) in [5, 5.41) is 11.7. The molecule has 5 rings (SSSR count). The molecular weight excluding hydrogens is 324 g/mol. The predicted octanol–water partition coefficient (Wildman–Crippen LogP) is 2.48. The Bertz CT molecular complexity index is 685. The normalized spacial score (nSPS) is 30.6. The maximum absolute atomic E-state index is 6.11. The van der Waals surface area contributed by atoms with Crippen molar-refractivity contribution in [2.45, 2.75) is 44.2 Å². The molecule has 0 aromatic carbocycles. The van der Waals surface area contributed by atoms with Gasteiger partial charge in [0, 0.05) is 30.0 Å². The van der Waals surface area contributed by atoms with E-state index in [0.717, 1.165) is 44.4 Å². The highest BCUT2D eigenvalue weighted by molar-refractivity contribution is 7.09. The number of hydrogen-bond acceptors (Lipinski definition) is 7. The van der Waals surface area contributed by atoms with Crippen molar-refractivity contribution in [3.63, 3.8) is 0 Å². The molecule has 0 spiro atoms. The van der Waals surface area contributed by atoms with E-state index in [1.165, 1.54) is 24.3 Å². The number of nitrogens with zero attached hydrogens (tertiary/aromatic N) is 4. The van der Waals surface area contributed by atoms with Crippen molar-refractivity contribution in [3.05, 3.63) is 28.4 Å². The molecule has 0 unspecified atom stereocenters. The number of rotatable bonds is 5. The first kappa shape index (κ1) is 15.0. The van der Waals surface area contributed by atoms with Crippen LogP contribution in [-0.2, 0) is 17.7 Å². The van der Waals surface area contributed by atoms with Gasteiger partial charge < -0.3 is 9.15 Å². The molecule has 3 atom stereocenters. The maximum Gasteiger partial charge on any atom is 0.219 e. The van der Waals surface area contributed by atoms with Crippen molar-refractivity contribution in [3.8, 4) is 0 Å². The Kier molecular flexibility index (Phi) is 3.87. The van der Waals surface area contributed by atoms with E-state index in [1.807, 2.05) is 6.20 Å². The van der Waals surface area contributed by atoms with Crippen LogP contribution < -0.4 is 0 Å². The van der Waals surface area contributed by atoms with Crippen molar-refractivity contribution in [2.24, 2.45) is 11.8 Å². The Hall–Kier alpha value is -1.31. The van der Waals surface area contributed by atoms with Crippen LogP contribution >= 0.6 is 11.3 Å². The lowest BCUT2D eigenvalue weighted by Crippen LogP contribution is -2.41. The minimum absolute atomic E-state index is 0.240. The molecule has 0 radical (unpaired) electrons. The summed E-state index contributed by atoms with van der Waals surface area (Å²) in [6, 6.07) is 0. The van der Waals surface area contributed by atoms with E-state index in [9.17, 15) is 0 Å². The van der Waals surface area contributed by atoms with Gasteiger partial charge in [-0.3, -0.25) is 4.90 Å². The minimum Gasteiger partial charge on any atom is -0.425 e. The third-order valence-corrected chi connectivity index (χ3v) is 6.27. The van der Waals surface area contributed by atoms with Crippen molar-refractivity contribution in [2.75, 3.05) is 19.7 Å². The molecule has 3 aliphatic rings. The lowest BCUT2D eigenvalue weighted by atomic mass is 9.83. The summed E-state index contributed by atoms with van der Waals surface area (Å²) in [6.45, 7) is 4.06. The van der Waals surface area contributed by atoms with Crippen LogP contribution in [0.4, 0.5) is 0 Å². The third kappa shape index (κ3) is 3.00. The number of piperidine rings is 1. The standard InChI is InChI=1S/C17H22N4O2S/c1-2-11(1)17-20-19-15(23-17)7-14-13-3-5-21(8-12(13)10-22-14)9-16-18-4-6-24-16/h4,6,11-14H,1-3,5,7-10H2/t12-,13-,14+/m1/s1. The molecule has 3 fully saturated rings. The molecule has 2 aromatic rings. The zero-order valence-electron chi connectivity index (χ0n) is 13.6. The lowest BCUT2D eigenvalue weighted by Gasteiger charge is -2.34. The number of ether oxygens (including phenoxy) is 1. The van der Waals surface area contributed by atoms with Gasteiger partial charge in [0.25, 0.3) is 0 Å². The molecule has 2 aromatic heterocycles. The molecule has 2 saturated heterocycles. The molecule has 2 aliphatic heterocycles. The Morgan fingerprint density at radius 1 is 1.25 bits per heavy atom. The molecule has 24 heavy (non-hydrogen) atoms. The van der Waals surface area contributed by atoms with Crippen molar-refractivity contribution < 1.29 is 9.15 Å². The molecule has 128 valence electrons. The monoisotopic (exact) mass is 346 g/mol. The Labute approximate surface area is 145 Å². The molecule has 6 nitrogen and oxygen atoms in total. The third-order valence-electron chi connectivity index (χ3n) is 5.51. The van der Waals surface area contributed by atoms with Gasteiger partial charge in [-0.15, -0.1) is 21.5 Å². The van der Waals surface area contributed by atoms with Crippen LogP contribution in [0, 0.1) is 11.8 Å². The molecule has 1 aliphatic carbocycles. The quantitative estimate of drug-likeness (QED) is 0.829. The first-order chi connectivity index (χ1) is 11.8. The molecule has 7 heteroatoms. The summed E-state index contributed by atoms with van der Waals surface area (Å²) in [6.07, 6.45) is 6.48. The summed E-state index contributed by atoms with van der Waals surface area (Å²) in [4.78, 5) is 6.92. The van der Waals surface area contributed by atoms with E-state index in [0.29, 0.717) is 17.8 Å². The van der Waals surface area contributed by atoms with Gasteiger partial charge in [0.15, 0.2) is 0 Å². The second-order valence-corrected chi connectivity index (χ2v) is 8.24. The Balaban J connectivity index is 1.19. The van der Waals surface area contributed by atoms with Crippen LogP contribution in [-0.4, -0.2) is 45.9 Å². The van der Waals surface area contributed by atoms with Gasteiger partial charge in [-0.25, -0.2) is 4.98 Å². The second kappa shape index (κ2) is 6.20. The fourth-order valence-corrected chi connectivity index (χ4v) is 4.71. The largest absolute Gasteiger partial charge is 0.425 e. The topological polar surface area (TPSA) is 64.3 Å². The van der Waals surface area contributed by atoms with Crippen molar-refractivity contribution >= 4 is 11.3 Å². The predicted molar refractivity (Wildman–Crippen MR) is 88.7 cm³/mol. The lowest BCUT2D eigenvalue weighted by molar-refractivity contribution is 0.0793. The van der Waals surface area contributed by atoms with E-state index in [-0.39, 0.29) is 6.10 Å². The number of aromatic nitrogens is 3. The SMILES string of the molecule is c1csc(CN2CC[C@@H]3[C@@H](CO[C@H]3Cc3nnc(C4CC4)o3)C2)n1. The molecule has 0 N–H and O–H groups in total. The summed E-state index contributed by atoms with van der Waals surface area (Å²) in [7, 11) is 0. The fraction of sp³-hybridized carbons (Fsp3) is 0.706. The maximum atomic E-state index is 6.11. The van der Waals surface area contributed by atoms with E-state index in [1.54, 1.807) is 11.3 Å². The first-order valence-electron chi connectivity index (χ1n) is 8.90. The van der Waals surface area contributed by atoms with Crippen LogP contribution in [0.1, 0.15) is 42.0 Å². The average Bonchev–Trinajstić information content (AvgIpc) is 2.99. The molecule has 1 saturated carbocycles. The van der Waals surface area contributed by atoms with Crippen LogP contribution in [0.3, 0.4) is 0 Å². The molecule has 0 bridgehead atoms. The van der Waals surface area contributed by atoms with Crippen molar-refractivity contribution in [1.29, 1.82) is 0 Å². The molecule has 0 amide bonds. The second-order valence-electron chi connectivity index (χ2n) is 7.26. The van der Waals surface area contributed by atoms with Gasteiger partial charge in [-0.2, -0.15) is 0 Å². The minimum atomic E-state index is 0.240. The fourth-order valence-electron chi connectivity index (χ4n) is 4.05. The smallest absolute Gasteiger partial charge is 0.219 e. The van der Waals surface area contributed by atoms with Gasteiger partial charge in [-0.05, 0) is 31.7 Å². The summed E-state index contributed by atoms with van der Waals surface area (Å²) in [5.74, 6) is 3.35. The van der Waals surface area contributed by atoms with Crippen LogP contribution in [0.5, 0.6) is 0 Å². The van der Waals surface area contributed by atoms with Crippen LogP contribution in [0.2, 0.25) is 0 Å². The zero-order valence-corrected chi connectivity index (χ0v) is 14.5. The Morgan fingerprint density at radius 2 is 2.21 bits per heavy atom. The van der Waals surface area contributed by atoms with Gasteiger partial charge in [0.1, 0.15) is 5.01 Å². The number of hydrogen-bond donors (Lipinski definition) is 0. The van der Waals surface area contributed by atoms with E-state index in [4.69, 9.17) is 9.15 Å². The number of thiazole rings is 1. The summed E-state index contributed by atoms with van der Waals surface area (Å²) in [5.41, 5.74) is 0.